The first kappa shape index (κ1) is 14.3. The van der Waals surface area contributed by atoms with Crippen molar-refractivity contribution in [3.8, 4) is 16.9 Å². The molecule has 2 aliphatic heterocycles. The summed E-state index contributed by atoms with van der Waals surface area (Å²) in [5.41, 5.74) is 3.19. The van der Waals surface area contributed by atoms with Gasteiger partial charge in [-0.15, -0.1) is 0 Å². The van der Waals surface area contributed by atoms with E-state index in [-0.39, 0.29) is 3.89 Å². The Morgan fingerprint density at radius 3 is 2.71 bits per heavy atom. The maximum absolute atomic E-state index is 9.13. The lowest BCUT2D eigenvalue weighted by atomic mass is 9.96. The molecule has 1 unspecified atom stereocenters. The second kappa shape index (κ2) is 5.30. The van der Waals surface area contributed by atoms with E-state index in [1.165, 1.54) is 17.3 Å². The van der Waals surface area contributed by atoms with Crippen LogP contribution in [0.2, 0.25) is 0 Å². The molecule has 2 aliphatic rings. The van der Waals surface area contributed by atoms with E-state index < -0.39 is 0 Å². The van der Waals surface area contributed by atoms with Crippen molar-refractivity contribution in [3.63, 3.8) is 0 Å². The van der Waals surface area contributed by atoms with Crippen LogP contribution in [0.5, 0.6) is 11.5 Å². The number of quaternary nitrogens is 1. The molecule has 108 valence electrons. The van der Waals surface area contributed by atoms with Gasteiger partial charge in [-0.3, -0.25) is 0 Å². The largest absolute Gasteiger partial charge is 0.493 e. The summed E-state index contributed by atoms with van der Waals surface area (Å²) in [6.07, 6.45) is 0.796. The van der Waals surface area contributed by atoms with Crippen LogP contribution in [0, 0.1) is 16.1 Å². The molecule has 0 aromatic heterocycles. The lowest BCUT2D eigenvalue weighted by molar-refractivity contribution is -0.608. The molecular weight excluding hydrogens is 306 g/mol. The predicted octanol–water partition coefficient (Wildman–Crippen LogP) is 3.19. The van der Waals surface area contributed by atoms with E-state index >= 15 is 0 Å². The molecule has 0 aliphatic carbocycles. The Kier molecular flexibility index (Phi) is 3.61. The number of methoxy groups -OCH3 is 2. The second-order valence-electron chi connectivity index (χ2n) is 4.69. The summed E-state index contributed by atoms with van der Waals surface area (Å²) in [5.74, 6) is 1.38. The molecule has 7 heteroatoms. The van der Waals surface area contributed by atoms with Gasteiger partial charge in [0.15, 0.2) is 22.6 Å². The first-order valence-corrected chi connectivity index (χ1v) is 7.99. The van der Waals surface area contributed by atoms with Gasteiger partial charge < -0.3 is 9.47 Å². The van der Waals surface area contributed by atoms with Crippen LogP contribution in [-0.2, 0) is 6.42 Å². The summed E-state index contributed by atoms with van der Waals surface area (Å²) in [4.78, 5) is 0. The number of nitrogens with one attached hydrogen (secondary N) is 1. The minimum Gasteiger partial charge on any atom is -0.493 e. The fourth-order valence-corrected chi connectivity index (χ4v) is 4.57. The van der Waals surface area contributed by atoms with Gasteiger partial charge in [-0.1, -0.05) is 0 Å². The number of nitriles is 1. The molecule has 21 heavy (non-hydrogen) atoms. The third-order valence-electron chi connectivity index (χ3n) is 3.78. The highest BCUT2D eigenvalue weighted by Crippen LogP contribution is 2.51. The molecule has 3 rings (SSSR count). The fraction of sp³-hybridized carbons (Fsp3) is 0.286. The third-order valence-corrected chi connectivity index (χ3v) is 5.72. The van der Waals surface area contributed by atoms with Crippen LogP contribution >= 0.6 is 23.7 Å². The maximum atomic E-state index is 9.13. The Labute approximate surface area is 131 Å². The average Bonchev–Trinajstić information content (AvgIpc) is 2.83. The van der Waals surface area contributed by atoms with Gasteiger partial charge in [0, 0.05) is 17.4 Å². The molecule has 0 radical (unpaired) electrons. The Bertz CT molecular complexity index is 696. The van der Waals surface area contributed by atoms with Crippen molar-refractivity contribution in [1.29, 1.82) is 10.7 Å². The summed E-state index contributed by atoms with van der Waals surface area (Å²) in [5, 5.41) is 21.9. The monoisotopic (exact) mass is 320 g/mol. The first-order valence-electron chi connectivity index (χ1n) is 6.34. The first-order chi connectivity index (χ1) is 10.2. The Morgan fingerprint density at radius 2 is 2.05 bits per heavy atom. The predicted molar refractivity (Wildman–Crippen MR) is 84.9 cm³/mol. The Hall–Kier alpha value is -1.62. The molecule has 0 fully saturated rings. The zero-order valence-electron chi connectivity index (χ0n) is 11.7. The number of hydrogen-bond acceptors (Lipinski definition) is 6. The van der Waals surface area contributed by atoms with Crippen LogP contribution in [0.25, 0.3) is 5.70 Å². The third kappa shape index (κ3) is 2.02. The van der Waals surface area contributed by atoms with Crippen molar-refractivity contribution < 1.29 is 13.4 Å². The van der Waals surface area contributed by atoms with E-state index in [2.05, 4.69) is 5.40 Å². The van der Waals surface area contributed by atoms with Gasteiger partial charge in [-0.2, -0.15) is 9.15 Å². The maximum Gasteiger partial charge on any atom is 0.278 e. The van der Waals surface area contributed by atoms with Crippen LogP contribution in [0.3, 0.4) is 0 Å². The molecule has 0 amide bonds. The van der Waals surface area contributed by atoms with Crippen molar-refractivity contribution in [1.82, 2.24) is 0 Å². The van der Waals surface area contributed by atoms with E-state index in [0.29, 0.717) is 23.2 Å². The Balaban J connectivity index is 2.16. The van der Waals surface area contributed by atoms with Crippen LogP contribution in [-0.4, -0.2) is 29.8 Å². The smallest absolute Gasteiger partial charge is 0.278 e. The minimum atomic E-state index is 0.254. The van der Waals surface area contributed by atoms with E-state index in [1.807, 2.05) is 17.5 Å². The summed E-state index contributed by atoms with van der Waals surface area (Å²) in [6.45, 7) is 0.707. The number of amidine groups is 1. The molecular formula is C14H14N3O2S2+. The molecule has 0 bridgehead atoms. The Morgan fingerprint density at radius 1 is 1.33 bits per heavy atom. The number of benzene rings is 1. The highest BCUT2D eigenvalue weighted by Gasteiger charge is 2.49. The van der Waals surface area contributed by atoms with E-state index in [1.54, 1.807) is 14.2 Å². The second-order valence-corrected chi connectivity index (χ2v) is 6.53. The van der Waals surface area contributed by atoms with Crippen molar-refractivity contribution in [3.05, 3.63) is 28.7 Å². The fourth-order valence-electron chi connectivity index (χ4n) is 2.72. The van der Waals surface area contributed by atoms with E-state index in [0.717, 1.165) is 29.6 Å². The van der Waals surface area contributed by atoms with Crippen molar-refractivity contribution in [2.45, 2.75) is 6.42 Å². The van der Waals surface area contributed by atoms with E-state index in [9.17, 15) is 0 Å². The number of thiocyanates is 1. The number of rotatable bonds is 3. The van der Waals surface area contributed by atoms with Crippen LogP contribution in [0.4, 0.5) is 0 Å². The highest BCUT2D eigenvalue weighted by molar-refractivity contribution is 8.17. The van der Waals surface area contributed by atoms with Gasteiger partial charge in [0.2, 0.25) is 11.9 Å². The molecule has 2 heterocycles. The van der Waals surface area contributed by atoms with Gasteiger partial charge in [0.25, 0.3) is 5.17 Å². The molecule has 0 saturated carbocycles. The minimum absolute atomic E-state index is 0.254. The molecule has 0 saturated heterocycles. The standard InChI is InChI=1S/C14H14N3O2S2/c1-18-12-5-9-3-4-17(21-8-15)11(7-20-14(17)16)10(9)6-13(12)19-2/h5-7,16H,3-4H2,1-2H3/q+1. The zero-order valence-corrected chi connectivity index (χ0v) is 13.3. The van der Waals surface area contributed by atoms with E-state index in [4.69, 9.17) is 20.1 Å². The summed E-state index contributed by atoms with van der Waals surface area (Å²) >= 11 is 2.50. The average molecular weight is 320 g/mol. The normalized spacial score (nSPS) is 22.9. The number of nitrogens with zero attached hydrogens (tertiary/aromatic N) is 2. The molecule has 1 aromatic carbocycles. The van der Waals surface area contributed by atoms with Crippen molar-refractivity contribution in [2.24, 2.45) is 0 Å². The van der Waals surface area contributed by atoms with Crippen molar-refractivity contribution in [2.75, 3.05) is 20.8 Å². The molecule has 0 spiro atoms. The molecule has 1 atom stereocenters. The lowest BCUT2D eigenvalue weighted by Crippen LogP contribution is -2.44. The lowest BCUT2D eigenvalue weighted by Gasteiger charge is -2.34. The van der Waals surface area contributed by atoms with Crippen molar-refractivity contribution >= 4 is 34.6 Å². The quantitative estimate of drug-likeness (QED) is 0.526. The number of ether oxygens (including phenoxy) is 2. The molecule has 1 aromatic rings. The molecule has 5 nitrogen and oxygen atoms in total. The van der Waals surface area contributed by atoms with Gasteiger partial charge in [0.1, 0.15) is 6.54 Å². The van der Waals surface area contributed by atoms with Gasteiger partial charge in [-0.25, -0.2) is 5.41 Å². The zero-order chi connectivity index (χ0) is 15.0. The SMILES string of the molecule is COc1cc2c(cc1OC)C1=CSC(=N)[N+]1(SC#N)CC2. The summed E-state index contributed by atoms with van der Waals surface area (Å²) in [7, 11) is 3.23. The van der Waals surface area contributed by atoms with Gasteiger partial charge in [-0.05, 0) is 29.5 Å². The van der Waals surface area contributed by atoms with Crippen LogP contribution < -0.4 is 9.47 Å². The summed E-state index contributed by atoms with van der Waals surface area (Å²) < 4.78 is 11.0. The van der Waals surface area contributed by atoms with Crippen LogP contribution in [0.15, 0.2) is 17.5 Å². The number of fused-ring (bicyclic) bond motifs is 3. The van der Waals surface area contributed by atoms with Crippen LogP contribution in [0.1, 0.15) is 11.1 Å². The van der Waals surface area contributed by atoms with Gasteiger partial charge in [0.05, 0.1) is 14.2 Å². The van der Waals surface area contributed by atoms with Gasteiger partial charge >= 0.3 is 0 Å². The number of hydrogen-bond donors (Lipinski definition) is 1. The summed E-state index contributed by atoms with van der Waals surface area (Å²) in [6, 6.07) is 3.94. The number of thioether (sulfide) groups is 1. The highest BCUT2D eigenvalue weighted by atomic mass is 32.2. The molecule has 1 N–H and O–H groups in total. The topological polar surface area (TPSA) is 66.1 Å².